The van der Waals surface area contributed by atoms with Gasteiger partial charge in [-0.2, -0.15) is 0 Å². The van der Waals surface area contributed by atoms with Gasteiger partial charge in [0.05, 0.1) is 7.11 Å². The van der Waals surface area contributed by atoms with E-state index in [0.29, 0.717) is 30.5 Å². The van der Waals surface area contributed by atoms with E-state index in [1.54, 1.807) is 25.4 Å². The van der Waals surface area contributed by atoms with Gasteiger partial charge in [-0.15, -0.1) is 0 Å². The molecule has 1 aromatic carbocycles. The van der Waals surface area contributed by atoms with Gasteiger partial charge >= 0.3 is 0 Å². The lowest BCUT2D eigenvalue weighted by Gasteiger charge is -2.31. The lowest BCUT2D eigenvalue weighted by Crippen LogP contribution is -2.43. The molecule has 0 spiro atoms. The van der Waals surface area contributed by atoms with E-state index in [1.807, 2.05) is 35.2 Å². The number of amides is 1. The number of para-hydroxylation sites is 2. The summed E-state index contributed by atoms with van der Waals surface area (Å²) in [5.41, 5.74) is 0. The van der Waals surface area contributed by atoms with Crippen LogP contribution in [0.15, 0.2) is 48.7 Å². The molecule has 0 bridgehead atoms. The Balaban J connectivity index is 1.45. The molecule has 1 aliphatic heterocycles. The van der Waals surface area contributed by atoms with Gasteiger partial charge in [-0.1, -0.05) is 18.2 Å². The van der Waals surface area contributed by atoms with Crippen LogP contribution in [-0.2, 0) is 4.79 Å². The molecule has 0 radical (unpaired) electrons. The maximum absolute atomic E-state index is 12.3. The van der Waals surface area contributed by atoms with Crippen molar-refractivity contribution in [2.75, 3.05) is 26.8 Å². The molecule has 25 heavy (non-hydrogen) atoms. The molecule has 1 fully saturated rings. The third-order valence-electron chi connectivity index (χ3n) is 4.14. The van der Waals surface area contributed by atoms with Gasteiger partial charge in [-0.05, 0) is 18.2 Å². The molecule has 6 nitrogen and oxygen atoms in total. The van der Waals surface area contributed by atoms with Crippen molar-refractivity contribution in [3.05, 3.63) is 48.7 Å². The molecule has 132 valence electrons. The Kier molecular flexibility index (Phi) is 5.72. The van der Waals surface area contributed by atoms with Crippen molar-refractivity contribution in [1.82, 2.24) is 9.88 Å². The lowest BCUT2D eigenvalue weighted by atomic mass is 10.1. The maximum Gasteiger partial charge on any atom is 0.260 e. The van der Waals surface area contributed by atoms with Crippen LogP contribution in [0.1, 0.15) is 12.8 Å². The fourth-order valence-electron chi connectivity index (χ4n) is 2.78. The predicted octanol–water partition coefficient (Wildman–Crippen LogP) is 2.54. The Morgan fingerprint density at radius 3 is 2.52 bits per heavy atom. The van der Waals surface area contributed by atoms with E-state index in [1.165, 1.54) is 0 Å². The summed E-state index contributed by atoms with van der Waals surface area (Å²) in [6, 6.07) is 12.9. The Labute approximate surface area is 147 Å². The van der Waals surface area contributed by atoms with Crippen LogP contribution in [0.25, 0.3) is 0 Å². The van der Waals surface area contributed by atoms with E-state index in [-0.39, 0.29) is 18.6 Å². The zero-order valence-electron chi connectivity index (χ0n) is 14.3. The van der Waals surface area contributed by atoms with Crippen molar-refractivity contribution < 1.29 is 19.0 Å². The van der Waals surface area contributed by atoms with Gasteiger partial charge in [0.15, 0.2) is 18.1 Å². The Hall–Kier alpha value is -2.76. The number of hydrogen-bond acceptors (Lipinski definition) is 5. The summed E-state index contributed by atoms with van der Waals surface area (Å²) in [5, 5.41) is 0. The zero-order chi connectivity index (χ0) is 17.5. The number of aromatic nitrogens is 1. The smallest absolute Gasteiger partial charge is 0.260 e. The summed E-state index contributed by atoms with van der Waals surface area (Å²) in [7, 11) is 1.58. The van der Waals surface area contributed by atoms with E-state index < -0.39 is 0 Å². The third kappa shape index (κ3) is 4.62. The molecule has 6 heteroatoms. The second-order valence-electron chi connectivity index (χ2n) is 5.81. The minimum Gasteiger partial charge on any atom is -0.493 e. The molecular formula is C19H22N2O4. The van der Waals surface area contributed by atoms with Gasteiger partial charge in [-0.25, -0.2) is 4.98 Å². The van der Waals surface area contributed by atoms with Crippen molar-refractivity contribution in [2.45, 2.75) is 18.9 Å². The number of pyridine rings is 1. The first kappa shape index (κ1) is 17.1. The van der Waals surface area contributed by atoms with E-state index in [9.17, 15) is 4.79 Å². The Morgan fingerprint density at radius 2 is 1.84 bits per heavy atom. The number of carbonyl (C=O) groups is 1. The lowest BCUT2D eigenvalue weighted by molar-refractivity contribution is -0.135. The van der Waals surface area contributed by atoms with Crippen molar-refractivity contribution in [2.24, 2.45) is 0 Å². The fraction of sp³-hybridized carbons (Fsp3) is 0.368. The van der Waals surface area contributed by atoms with Gasteiger partial charge in [0.2, 0.25) is 5.88 Å². The molecule has 0 N–H and O–H groups in total. The van der Waals surface area contributed by atoms with Crippen LogP contribution in [0.3, 0.4) is 0 Å². The van der Waals surface area contributed by atoms with E-state index in [4.69, 9.17) is 14.2 Å². The minimum absolute atomic E-state index is 0.00609. The van der Waals surface area contributed by atoms with Crippen molar-refractivity contribution >= 4 is 5.91 Å². The maximum atomic E-state index is 12.3. The number of ether oxygens (including phenoxy) is 3. The summed E-state index contributed by atoms with van der Waals surface area (Å²) in [4.78, 5) is 18.3. The highest BCUT2D eigenvalue weighted by molar-refractivity contribution is 5.78. The van der Waals surface area contributed by atoms with E-state index in [2.05, 4.69) is 4.98 Å². The molecule has 0 saturated carbocycles. The second-order valence-corrected chi connectivity index (χ2v) is 5.81. The minimum atomic E-state index is -0.0257. The molecule has 1 aliphatic rings. The van der Waals surface area contributed by atoms with Crippen LogP contribution in [0.5, 0.6) is 17.4 Å². The van der Waals surface area contributed by atoms with Crippen LogP contribution in [0.4, 0.5) is 0 Å². The van der Waals surface area contributed by atoms with Crippen LogP contribution in [0, 0.1) is 0 Å². The first-order chi connectivity index (χ1) is 12.3. The predicted molar refractivity (Wildman–Crippen MR) is 93.0 cm³/mol. The number of hydrogen-bond donors (Lipinski definition) is 0. The molecule has 1 amide bonds. The number of benzene rings is 1. The van der Waals surface area contributed by atoms with Crippen LogP contribution >= 0.6 is 0 Å². The van der Waals surface area contributed by atoms with Gasteiger partial charge in [0.25, 0.3) is 5.91 Å². The first-order valence-corrected chi connectivity index (χ1v) is 8.37. The molecule has 0 unspecified atom stereocenters. The average Bonchev–Trinajstić information content (AvgIpc) is 2.67. The van der Waals surface area contributed by atoms with Crippen molar-refractivity contribution in [3.63, 3.8) is 0 Å². The van der Waals surface area contributed by atoms with E-state index >= 15 is 0 Å². The van der Waals surface area contributed by atoms with Gasteiger partial charge in [-0.3, -0.25) is 4.79 Å². The molecule has 2 heterocycles. The van der Waals surface area contributed by atoms with Gasteiger partial charge < -0.3 is 19.1 Å². The molecule has 1 aromatic heterocycles. The number of carbonyl (C=O) groups excluding carboxylic acids is 1. The second kappa shape index (κ2) is 8.37. The number of nitrogens with zero attached hydrogens (tertiary/aromatic N) is 2. The highest BCUT2D eigenvalue weighted by Gasteiger charge is 2.24. The fourth-order valence-corrected chi connectivity index (χ4v) is 2.78. The number of piperidine rings is 1. The molecule has 0 atom stereocenters. The highest BCUT2D eigenvalue weighted by atomic mass is 16.5. The normalized spacial score (nSPS) is 14.8. The molecular weight excluding hydrogens is 320 g/mol. The standard InChI is InChI=1S/C19H22N2O4/c1-23-16-6-2-3-7-17(16)24-14-19(22)21-12-9-15(10-13-21)25-18-8-4-5-11-20-18/h2-8,11,15H,9-10,12-14H2,1H3. The Bertz CT molecular complexity index is 685. The quantitative estimate of drug-likeness (QED) is 0.807. The van der Waals surface area contributed by atoms with Crippen molar-refractivity contribution in [3.8, 4) is 17.4 Å². The van der Waals surface area contributed by atoms with E-state index in [0.717, 1.165) is 12.8 Å². The molecule has 3 rings (SSSR count). The van der Waals surface area contributed by atoms with Crippen LogP contribution in [-0.4, -0.2) is 48.7 Å². The monoisotopic (exact) mass is 342 g/mol. The first-order valence-electron chi connectivity index (χ1n) is 8.37. The Morgan fingerprint density at radius 1 is 1.12 bits per heavy atom. The molecule has 0 aliphatic carbocycles. The number of rotatable bonds is 6. The number of methoxy groups -OCH3 is 1. The van der Waals surface area contributed by atoms with Gasteiger partial charge in [0.1, 0.15) is 6.10 Å². The van der Waals surface area contributed by atoms with Gasteiger partial charge in [0, 0.05) is 38.2 Å². The third-order valence-corrected chi connectivity index (χ3v) is 4.14. The SMILES string of the molecule is COc1ccccc1OCC(=O)N1CCC(Oc2ccccn2)CC1. The summed E-state index contributed by atoms with van der Waals surface area (Å²) in [6.45, 7) is 1.32. The van der Waals surface area contributed by atoms with Crippen LogP contribution in [0.2, 0.25) is 0 Å². The summed E-state index contributed by atoms with van der Waals surface area (Å²) >= 11 is 0. The molecule has 2 aromatic rings. The molecule has 1 saturated heterocycles. The van der Waals surface area contributed by atoms with Crippen LogP contribution < -0.4 is 14.2 Å². The zero-order valence-corrected chi connectivity index (χ0v) is 14.3. The number of likely N-dealkylation sites (tertiary alicyclic amines) is 1. The average molecular weight is 342 g/mol. The highest BCUT2D eigenvalue weighted by Crippen LogP contribution is 2.26. The topological polar surface area (TPSA) is 60.9 Å². The summed E-state index contributed by atoms with van der Waals surface area (Å²) in [5.74, 6) is 1.80. The van der Waals surface area contributed by atoms with Crippen molar-refractivity contribution in [1.29, 1.82) is 0 Å². The summed E-state index contributed by atoms with van der Waals surface area (Å²) < 4.78 is 16.7. The summed E-state index contributed by atoms with van der Waals surface area (Å²) in [6.07, 6.45) is 3.38. The largest absolute Gasteiger partial charge is 0.493 e.